The van der Waals surface area contributed by atoms with Gasteiger partial charge in [-0.3, -0.25) is 0 Å². The van der Waals surface area contributed by atoms with Crippen LogP contribution in [0.4, 0.5) is 24.7 Å². The largest absolute Gasteiger partial charge is 0.468 e. The van der Waals surface area contributed by atoms with Gasteiger partial charge in [0.05, 0.1) is 18.9 Å². The Labute approximate surface area is 126 Å². The van der Waals surface area contributed by atoms with Crippen molar-refractivity contribution in [3.63, 3.8) is 0 Å². The zero-order valence-electron chi connectivity index (χ0n) is 11.4. The van der Waals surface area contributed by atoms with Crippen molar-refractivity contribution in [3.05, 3.63) is 12.1 Å². The van der Waals surface area contributed by atoms with Gasteiger partial charge in [0.1, 0.15) is 0 Å². The second-order valence-corrected chi connectivity index (χ2v) is 4.27. The normalized spacial score (nSPS) is 15.3. The fourth-order valence-electron chi connectivity index (χ4n) is 1.88. The van der Waals surface area contributed by atoms with Crippen LogP contribution in [-0.2, 0) is 4.74 Å². The highest BCUT2D eigenvalue weighted by molar-refractivity contribution is 5.85. The molecule has 21 heavy (non-hydrogen) atoms. The van der Waals surface area contributed by atoms with Crippen LogP contribution >= 0.6 is 12.4 Å². The molecule has 0 saturated carbocycles. The predicted molar refractivity (Wildman–Crippen MR) is 75.6 cm³/mol. The molecule has 0 aromatic carbocycles. The molecule has 0 amide bonds. The fourth-order valence-corrected chi connectivity index (χ4v) is 1.88. The number of aromatic nitrogens is 1. The molecule has 1 aliphatic heterocycles. The molecule has 1 fully saturated rings. The van der Waals surface area contributed by atoms with Crippen LogP contribution in [0.5, 0.6) is 5.88 Å². The molecule has 1 aliphatic rings. The molecule has 9 heteroatoms. The number of halogens is 4. The Kier molecular flexibility index (Phi) is 6.35. The molecule has 120 valence electrons. The maximum atomic E-state index is 12.1. The third-order valence-electron chi connectivity index (χ3n) is 2.81. The lowest BCUT2D eigenvalue weighted by molar-refractivity contribution is -0.154. The van der Waals surface area contributed by atoms with Crippen LogP contribution in [0.25, 0.3) is 0 Å². The number of morpholine rings is 1. The lowest BCUT2D eigenvalue weighted by Crippen LogP contribution is -2.37. The van der Waals surface area contributed by atoms with Crippen molar-refractivity contribution in [2.24, 2.45) is 0 Å². The maximum Gasteiger partial charge on any atom is 0.422 e. The first kappa shape index (κ1) is 17.6. The van der Waals surface area contributed by atoms with E-state index in [4.69, 9.17) is 4.74 Å². The molecule has 0 atom stereocenters. The molecule has 1 N–H and O–H groups in total. The molecule has 5 nitrogen and oxygen atoms in total. The number of hydrogen-bond donors (Lipinski definition) is 1. The van der Waals surface area contributed by atoms with Gasteiger partial charge in [-0.1, -0.05) is 0 Å². The van der Waals surface area contributed by atoms with Crippen LogP contribution in [0.1, 0.15) is 0 Å². The molecule has 0 radical (unpaired) electrons. The highest BCUT2D eigenvalue weighted by Gasteiger charge is 2.29. The van der Waals surface area contributed by atoms with E-state index in [-0.39, 0.29) is 18.3 Å². The maximum absolute atomic E-state index is 12.1. The summed E-state index contributed by atoms with van der Waals surface area (Å²) < 4.78 is 46.4. The molecule has 2 rings (SSSR count). The molecule has 0 bridgehead atoms. The average Bonchev–Trinajstić information content (AvgIpc) is 2.45. The summed E-state index contributed by atoms with van der Waals surface area (Å²) in [6.07, 6.45) is -4.37. The molecular weight excluding hydrogens is 311 g/mol. The number of rotatable bonds is 4. The van der Waals surface area contributed by atoms with Crippen LogP contribution in [0.3, 0.4) is 0 Å². The quantitative estimate of drug-likeness (QED) is 0.919. The monoisotopic (exact) mass is 327 g/mol. The van der Waals surface area contributed by atoms with E-state index < -0.39 is 12.8 Å². The zero-order chi connectivity index (χ0) is 14.6. The van der Waals surface area contributed by atoms with Crippen molar-refractivity contribution < 1.29 is 22.6 Å². The van der Waals surface area contributed by atoms with E-state index in [1.54, 1.807) is 13.1 Å². The van der Waals surface area contributed by atoms with Gasteiger partial charge in [0.15, 0.2) is 12.4 Å². The Morgan fingerprint density at radius 2 is 2.00 bits per heavy atom. The molecule has 1 aromatic rings. The van der Waals surface area contributed by atoms with Crippen LogP contribution < -0.4 is 15.0 Å². The van der Waals surface area contributed by atoms with E-state index in [9.17, 15) is 13.2 Å². The lowest BCUT2D eigenvalue weighted by atomic mass is 10.3. The summed E-state index contributed by atoms with van der Waals surface area (Å²) in [5.41, 5.74) is 0.742. The second-order valence-electron chi connectivity index (χ2n) is 4.27. The van der Waals surface area contributed by atoms with E-state index in [0.717, 1.165) is 5.69 Å². The van der Waals surface area contributed by atoms with Gasteiger partial charge in [-0.05, 0) is 6.07 Å². The number of pyridine rings is 1. The van der Waals surface area contributed by atoms with Crippen molar-refractivity contribution >= 4 is 23.9 Å². The summed E-state index contributed by atoms with van der Waals surface area (Å²) in [6.45, 7) is 1.08. The first-order chi connectivity index (χ1) is 9.49. The third-order valence-corrected chi connectivity index (χ3v) is 2.81. The van der Waals surface area contributed by atoms with Gasteiger partial charge >= 0.3 is 6.18 Å². The van der Waals surface area contributed by atoms with E-state index in [1.807, 2.05) is 4.90 Å². The van der Waals surface area contributed by atoms with Crippen LogP contribution in [-0.4, -0.2) is 51.1 Å². The Morgan fingerprint density at radius 1 is 1.33 bits per heavy atom. The summed E-state index contributed by atoms with van der Waals surface area (Å²) >= 11 is 0. The summed E-state index contributed by atoms with van der Waals surface area (Å²) in [5, 5.41) is 2.97. The predicted octanol–water partition coefficient (Wildman–Crippen LogP) is 2.32. The van der Waals surface area contributed by atoms with Crippen molar-refractivity contribution in [2.75, 3.05) is 50.2 Å². The summed E-state index contributed by atoms with van der Waals surface area (Å²) in [6, 6.07) is 3.07. The Morgan fingerprint density at radius 3 is 2.57 bits per heavy atom. The van der Waals surface area contributed by atoms with E-state index in [2.05, 4.69) is 15.0 Å². The number of hydrogen-bond acceptors (Lipinski definition) is 5. The topological polar surface area (TPSA) is 46.6 Å². The smallest absolute Gasteiger partial charge is 0.422 e. The molecule has 0 aliphatic carbocycles. The van der Waals surface area contributed by atoms with E-state index >= 15 is 0 Å². The minimum absolute atomic E-state index is 0. The van der Waals surface area contributed by atoms with E-state index in [1.165, 1.54) is 6.07 Å². The Bertz CT molecular complexity index is 454. The minimum Gasteiger partial charge on any atom is -0.468 e. The highest BCUT2D eigenvalue weighted by Crippen LogP contribution is 2.27. The summed E-state index contributed by atoms with van der Waals surface area (Å²) in [7, 11) is 1.73. The second kappa shape index (κ2) is 7.56. The van der Waals surface area contributed by atoms with Gasteiger partial charge < -0.3 is 19.7 Å². The van der Waals surface area contributed by atoms with Gasteiger partial charge in [-0.25, -0.2) is 0 Å². The van der Waals surface area contributed by atoms with E-state index in [0.29, 0.717) is 32.1 Å². The fraction of sp³-hybridized carbons (Fsp3) is 0.583. The Hall–Kier alpha value is -1.41. The molecule has 0 unspecified atom stereocenters. The average molecular weight is 328 g/mol. The molecule has 1 aromatic heterocycles. The van der Waals surface area contributed by atoms with Gasteiger partial charge in [-0.15, -0.1) is 12.4 Å². The van der Waals surface area contributed by atoms with Crippen molar-refractivity contribution in [2.45, 2.75) is 6.18 Å². The molecule has 1 saturated heterocycles. The van der Waals surface area contributed by atoms with Crippen molar-refractivity contribution in [1.82, 2.24) is 4.98 Å². The first-order valence-corrected chi connectivity index (χ1v) is 6.20. The first-order valence-electron chi connectivity index (χ1n) is 6.20. The van der Waals surface area contributed by atoms with Gasteiger partial charge in [0.25, 0.3) is 0 Å². The lowest BCUT2D eigenvalue weighted by Gasteiger charge is -2.29. The SMILES string of the molecule is CNc1ccc(OCC(F)(F)F)nc1N1CCOCC1.Cl. The Balaban J connectivity index is 0.00000220. The van der Waals surface area contributed by atoms with Crippen molar-refractivity contribution in [3.8, 4) is 5.88 Å². The van der Waals surface area contributed by atoms with Gasteiger partial charge in [0, 0.05) is 26.2 Å². The number of alkyl halides is 3. The summed E-state index contributed by atoms with van der Waals surface area (Å²) in [5.74, 6) is 0.540. The highest BCUT2D eigenvalue weighted by atomic mass is 35.5. The van der Waals surface area contributed by atoms with Gasteiger partial charge in [0.2, 0.25) is 5.88 Å². The molecular formula is C12H17ClF3N3O2. The zero-order valence-corrected chi connectivity index (χ0v) is 12.3. The van der Waals surface area contributed by atoms with Crippen LogP contribution in [0.2, 0.25) is 0 Å². The number of ether oxygens (including phenoxy) is 2. The standard InChI is InChI=1S/C12H16F3N3O2.ClH/c1-16-9-2-3-10(20-8-12(13,14)15)17-11(9)18-4-6-19-7-5-18;/h2-3,16H,4-8H2,1H3;1H. The van der Waals surface area contributed by atoms with Crippen LogP contribution in [0, 0.1) is 0 Å². The number of anilines is 2. The van der Waals surface area contributed by atoms with Gasteiger partial charge in [-0.2, -0.15) is 18.2 Å². The van der Waals surface area contributed by atoms with Crippen molar-refractivity contribution in [1.29, 1.82) is 0 Å². The minimum atomic E-state index is -4.37. The number of nitrogens with zero attached hydrogens (tertiary/aromatic N) is 2. The number of nitrogens with one attached hydrogen (secondary N) is 1. The molecule has 0 spiro atoms. The summed E-state index contributed by atoms with van der Waals surface area (Å²) in [4.78, 5) is 6.11. The third kappa shape index (κ3) is 5.13. The van der Waals surface area contributed by atoms with Crippen LogP contribution in [0.15, 0.2) is 12.1 Å². The molecule has 2 heterocycles.